The zero-order valence-electron chi connectivity index (χ0n) is 17.3. The highest BCUT2D eigenvalue weighted by atomic mass is 79.9. The smallest absolute Gasteiger partial charge is 0.337 e. The Bertz CT molecular complexity index is 1400. The number of carboxylic acids is 1. The van der Waals surface area contributed by atoms with E-state index in [1.165, 1.54) is 16.7 Å². The van der Waals surface area contributed by atoms with Gasteiger partial charge in [-0.1, -0.05) is 22.0 Å². The van der Waals surface area contributed by atoms with Crippen LogP contribution >= 0.6 is 15.9 Å². The number of carbonyl (C=O) groups excluding carboxylic acids is 1. The number of halogens is 1. The molecule has 11 heteroatoms. The molecule has 0 bridgehead atoms. The van der Waals surface area contributed by atoms with Crippen molar-refractivity contribution in [2.75, 3.05) is 5.32 Å². The average Bonchev–Trinajstić information content (AvgIpc) is 2.77. The van der Waals surface area contributed by atoms with Crippen LogP contribution in [0.4, 0.5) is 5.69 Å². The van der Waals surface area contributed by atoms with Crippen molar-refractivity contribution in [2.24, 2.45) is 5.73 Å². The van der Waals surface area contributed by atoms with Crippen molar-refractivity contribution < 1.29 is 19.8 Å². The maximum atomic E-state index is 12.9. The zero-order valence-corrected chi connectivity index (χ0v) is 18.9. The van der Waals surface area contributed by atoms with Crippen molar-refractivity contribution in [2.45, 2.75) is 38.0 Å². The Morgan fingerprint density at radius 3 is 2.73 bits per heavy atom. The minimum absolute atomic E-state index is 0.00773. The van der Waals surface area contributed by atoms with Crippen molar-refractivity contribution >= 4 is 44.5 Å². The molecule has 1 aliphatic heterocycles. The van der Waals surface area contributed by atoms with E-state index in [0.29, 0.717) is 29.4 Å². The number of benzene rings is 2. The molecule has 0 fully saturated rings. The molecule has 0 radical (unpaired) electrons. The number of carbonyl (C=O) groups is 2. The van der Waals surface area contributed by atoms with Crippen LogP contribution in [-0.2, 0) is 22.6 Å². The van der Waals surface area contributed by atoms with Crippen LogP contribution in [-0.4, -0.2) is 31.6 Å². The van der Waals surface area contributed by atoms with Crippen LogP contribution in [0.1, 0.15) is 41.7 Å². The zero-order chi connectivity index (χ0) is 23.9. The van der Waals surface area contributed by atoms with Gasteiger partial charge in [-0.15, -0.1) is 0 Å². The number of aromatic nitrogens is 2. The predicted molar refractivity (Wildman–Crippen MR) is 124 cm³/mol. The molecule has 1 amide bonds. The standard InChI is InChI=1S/C22H21BrN4O6/c23-12-6-11-2-3-13(27-18(11)16(7-12)26-20(30)21(27)31)8-17(28)25-15-4-1-10(9-24)5-14(15)19(29)22(32)33/h1,4-7,13,19,29H,2-3,8-9,24H2,(H,25,28)(H,26,30)(H,32,33)/t13-,19?/m0/s1. The molecule has 4 rings (SSSR count). The number of aromatic amines is 1. The molecular formula is C22H21BrN4O6. The van der Waals surface area contributed by atoms with E-state index in [0.717, 1.165) is 10.0 Å². The summed E-state index contributed by atoms with van der Waals surface area (Å²) in [5, 5.41) is 21.9. The van der Waals surface area contributed by atoms with Crippen molar-refractivity contribution in [3.63, 3.8) is 0 Å². The summed E-state index contributed by atoms with van der Waals surface area (Å²) >= 11 is 3.40. The molecule has 172 valence electrons. The lowest BCUT2D eigenvalue weighted by atomic mass is 9.96. The third-order valence-corrected chi connectivity index (χ3v) is 6.20. The summed E-state index contributed by atoms with van der Waals surface area (Å²) in [5.74, 6) is -1.95. The molecule has 0 saturated heterocycles. The van der Waals surface area contributed by atoms with Gasteiger partial charge in [-0.2, -0.15) is 0 Å². The quantitative estimate of drug-likeness (QED) is 0.309. The van der Waals surface area contributed by atoms with Gasteiger partial charge >= 0.3 is 17.1 Å². The van der Waals surface area contributed by atoms with Gasteiger partial charge in [0.1, 0.15) is 0 Å². The van der Waals surface area contributed by atoms with Gasteiger partial charge < -0.3 is 26.2 Å². The fourth-order valence-electron chi connectivity index (χ4n) is 4.23. The number of nitrogens with two attached hydrogens (primary N) is 1. The van der Waals surface area contributed by atoms with Crippen molar-refractivity contribution in [1.29, 1.82) is 0 Å². The lowest BCUT2D eigenvalue weighted by Gasteiger charge is -2.27. The van der Waals surface area contributed by atoms with Gasteiger partial charge in [0, 0.05) is 34.7 Å². The molecule has 2 atom stereocenters. The van der Waals surface area contributed by atoms with Crippen molar-refractivity contribution in [3.8, 4) is 0 Å². The molecule has 2 heterocycles. The van der Waals surface area contributed by atoms with Crippen LogP contribution in [0.3, 0.4) is 0 Å². The number of hydrogen-bond acceptors (Lipinski definition) is 6. The van der Waals surface area contributed by atoms with Gasteiger partial charge in [0.2, 0.25) is 5.91 Å². The van der Waals surface area contributed by atoms with Gasteiger partial charge in [0.25, 0.3) is 0 Å². The Morgan fingerprint density at radius 2 is 2.03 bits per heavy atom. The van der Waals surface area contributed by atoms with E-state index in [-0.39, 0.29) is 24.2 Å². The fraction of sp³-hybridized carbons (Fsp3) is 0.273. The summed E-state index contributed by atoms with van der Waals surface area (Å²) in [6.07, 6.45) is -0.892. The first-order valence-electron chi connectivity index (χ1n) is 10.2. The Balaban J connectivity index is 1.67. The molecule has 1 aromatic heterocycles. The van der Waals surface area contributed by atoms with Gasteiger partial charge in [-0.05, 0) is 48.2 Å². The highest BCUT2D eigenvalue weighted by molar-refractivity contribution is 9.10. The van der Waals surface area contributed by atoms with Crippen LogP contribution < -0.4 is 22.2 Å². The van der Waals surface area contributed by atoms with Gasteiger partial charge in [0.15, 0.2) is 6.10 Å². The van der Waals surface area contributed by atoms with Gasteiger partial charge in [-0.3, -0.25) is 19.0 Å². The normalized spacial score (nSPS) is 15.9. The van der Waals surface area contributed by atoms with Crippen LogP contribution in [0.15, 0.2) is 44.4 Å². The molecule has 33 heavy (non-hydrogen) atoms. The minimum Gasteiger partial charge on any atom is -0.479 e. The molecule has 10 nitrogen and oxygen atoms in total. The molecule has 1 unspecified atom stereocenters. The Kier molecular flexibility index (Phi) is 6.19. The summed E-state index contributed by atoms with van der Waals surface area (Å²) in [5.41, 5.74) is 6.79. The van der Waals surface area contributed by atoms with E-state index in [2.05, 4.69) is 26.2 Å². The highest BCUT2D eigenvalue weighted by Crippen LogP contribution is 2.33. The maximum Gasteiger partial charge on any atom is 0.337 e. The summed E-state index contributed by atoms with van der Waals surface area (Å²) < 4.78 is 2.14. The van der Waals surface area contributed by atoms with Crippen LogP contribution in [0.25, 0.3) is 11.0 Å². The number of aliphatic carboxylic acids is 1. The number of H-pyrrole nitrogens is 1. The SMILES string of the molecule is NCc1ccc(NC(=O)C[C@@H]2CCc3cc(Br)cc4[nH]c(=O)c(=O)n2c34)c(C(O)C(=O)O)c1. The number of aliphatic hydroxyl groups excluding tert-OH is 1. The van der Waals surface area contributed by atoms with Gasteiger partial charge in [-0.25, -0.2) is 4.79 Å². The number of nitrogens with one attached hydrogen (secondary N) is 2. The molecule has 1 aliphatic rings. The second-order valence-corrected chi connectivity index (χ2v) is 8.82. The third-order valence-electron chi connectivity index (χ3n) is 5.74. The Hall–Kier alpha value is -3.28. The van der Waals surface area contributed by atoms with E-state index in [9.17, 15) is 29.4 Å². The van der Waals surface area contributed by atoms with Crippen LogP contribution in [0.2, 0.25) is 0 Å². The molecule has 0 spiro atoms. The third kappa shape index (κ3) is 4.34. The number of carboxylic acid groups (broad SMARTS) is 1. The lowest BCUT2D eigenvalue weighted by Crippen LogP contribution is -2.41. The van der Waals surface area contributed by atoms with Gasteiger partial charge in [0.05, 0.1) is 11.0 Å². The highest BCUT2D eigenvalue weighted by Gasteiger charge is 2.27. The maximum absolute atomic E-state index is 12.9. The topological polar surface area (TPSA) is 168 Å². The number of rotatable bonds is 6. The predicted octanol–water partition coefficient (Wildman–Crippen LogP) is 1.55. The Labute approximate surface area is 195 Å². The summed E-state index contributed by atoms with van der Waals surface area (Å²) in [7, 11) is 0. The molecule has 2 aromatic carbocycles. The largest absolute Gasteiger partial charge is 0.479 e. The van der Waals surface area contributed by atoms with E-state index in [4.69, 9.17) is 5.73 Å². The second-order valence-electron chi connectivity index (χ2n) is 7.90. The van der Waals surface area contributed by atoms with Crippen molar-refractivity contribution in [3.05, 3.63) is 72.2 Å². The van der Waals surface area contributed by atoms with E-state index in [1.807, 2.05) is 6.07 Å². The average molecular weight is 517 g/mol. The number of aliphatic hydroxyl groups is 1. The first-order valence-corrected chi connectivity index (χ1v) is 11.0. The van der Waals surface area contributed by atoms with E-state index in [1.54, 1.807) is 12.1 Å². The molecule has 0 saturated carbocycles. The molecule has 6 N–H and O–H groups in total. The number of nitrogens with zero attached hydrogens (tertiary/aromatic N) is 1. The fourth-order valence-corrected chi connectivity index (χ4v) is 4.74. The minimum atomic E-state index is -1.85. The van der Waals surface area contributed by atoms with Crippen molar-refractivity contribution in [1.82, 2.24) is 9.55 Å². The first-order chi connectivity index (χ1) is 15.7. The monoisotopic (exact) mass is 516 g/mol. The molecule has 3 aromatic rings. The molecular weight excluding hydrogens is 496 g/mol. The number of amides is 1. The van der Waals surface area contributed by atoms with E-state index >= 15 is 0 Å². The summed E-state index contributed by atoms with van der Waals surface area (Å²) in [4.78, 5) is 51.7. The van der Waals surface area contributed by atoms with E-state index < -0.39 is 35.1 Å². The number of aryl methyl sites for hydroxylation is 1. The Morgan fingerprint density at radius 1 is 1.27 bits per heavy atom. The summed E-state index contributed by atoms with van der Waals surface area (Å²) in [6, 6.07) is 7.54. The summed E-state index contributed by atoms with van der Waals surface area (Å²) in [6.45, 7) is 0.132. The number of hydrogen-bond donors (Lipinski definition) is 5. The number of anilines is 1. The van der Waals surface area contributed by atoms with Crippen LogP contribution in [0, 0.1) is 0 Å². The lowest BCUT2D eigenvalue weighted by molar-refractivity contribution is -0.147. The van der Waals surface area contributed by atoms with Crippen LogP contribution in [0.5, 0.6) is 0 Å². The molecule has 0 aliphatic carbocycles. The second kappa shape index (κ2) is 8.93. The first kappa shape index (κ1) is 22.9.